The van der Waals surface area contributed by atoms with Gasteiger partial charge >= 0.3 is 0 Å². The van der Waals surface area contributed by atoms with Gasteiger partial charge < -0.3 is 9.47 Å². The van der Waals surface area contributed by atoms with Crippen LogP contribution in [-0.2, 0) is 11.4 Å². The number of carbonyl (C=O) groups excluding carboxylic acids is 1. The van der Waals surface area contributed by atoms with Crippen molar-refractivity contribution in [1.29, 1.82) is 0 Å². The summed E-state index contributed by atoms with van der Waals surface area (Å²) in [6.45, 7) is 2.91. The van der Waals surface area contributed by atoms with Gasteiger partial charge in [-0.15, -0.1) is 0 Å². The highest BCUT2D eigenvalue weighted by Gasteiger charge is 2.29. The van der Waals surface area contributed by atoms with Crippen LogP contribution >= 0.6 is 34.4 Å². The van der Waals surface area contributed by atoms with Crippen molar-refractivity contribution in [2.75, 3.05) is 20.7 Å². The van der Waals surface area contributed by atoms with E-state index in [0.717, 1.165) is 14.7 Å². The van der Waals surface area contributed by atoms with Crippen LogP contribution in [0, 0.1) is 3.57 Å². The number of hydrogen-bond donors (Lipinski definition) is 0. The van der Waals surface area contributed by atoms with Crippen LogP contribution in [0.5, 0.6) is 11.5 Å². The van der Waals surface area contributed by atoms with Crippen molar-refractivity contribution in [1.82, 2.24) is 4.90 Å². The molecule has 4 rings (SSSR count). The molecule has 1 fully saturated rings. The van der Waals surface area contributed by atoms with E-state index in [1.165, 1.54) is 22.5 Å². The van der Waals surface area contributed by atoms with Gasteiger partial charge in [0.25, 0.3) is 5.91 Å². The Morgan fingerprint density at radius 3 is 2.59 bits per heavy atom. The Morgan fingerprint density at radius 2 is 1.88 bits per heavy atom. The largest absolute Gasteiger partial charge is 0.490 e. The molecule has 0 spiro atoms. The number of carbonyl (C=O) groups is 1. The maximum atomic E-state index is 12.5. The fraction of sp³-hybridized carbons (Fsp3) is 0.200. The summed E-state index contributed by atoms with van der Waals surface area (Å²) in [6.07, 6.45) is 1.87. The molecule has 1 heterocycles. The van der Waals surface area contributed by atoms with E-state index >= 15 is 0 Å². The number of rotatable bonds is 6. The Labute approximate surface area is 205 Å². The monoisotopic (exact) mass is 558 g/mol. The quantitative estimate of drug-likeness (QED) is 0.277. The van der Waals surface area contributed by atoms with Gasteiger partial charge in [0.1, 0.15) is 6.61 Å². The third-order valence-electron chi connectivity index (χ3n) is 5.02. The topological polar surface area (TPSA) is 51.1 Å². The van der Waals surface area contributed by atoms with Crippen molar-refractivity contribution in [2.24, 2.45) is 4.99 Å². The molecule has 0 N–H and O–H groups in total. The lowest BCUT2D eigenvalue weighted by Crippen LogP contribution is -2.23. The highest BCUT2D eigenvalue weighted by molar-refractivity contribution is 14.1. The third kappa shape index (κ3) is 4.78. The molecule has 1 amide bonds. The van der Waals surface area contributed by atoms with Crippen LogP contribution in [0.15, 0.2) is 64.5 Å². The van der Waals surface area contributed by atoms with Gasteiger partial charge in [0.2, 0.25) is 0 Å². The Bertz CT molecular complexity index is 1240. The molecular formula is C25H23IN2O3S. The van der Waals surface area contributed by atoms with Gasteiger partial charge in [-0.25, -0.2) is 0 Å². The lowest BCUT2D eigenvalue weighted by Gasteiger charge is -2.15. The molecule has 7 heteroatoms. The van der Waals surface area contributed by atoms with Gasteiger partial charge in [-0.1, -0.05) is 36.4 Å². The predicted octanol–water partition coefficient (Wildman–Crippen LogP) is 5.95. The molecule has 1 aliphatic heterocycles. The van der Waals surface area contributed by atoms with Gasteiger partial charge in [0.05, 0.1) is 15.1 Å². The minimum atomic E-state index is -0.0554. The van der Waals surface area contributed by atoms with E-state index in [1.54, 1.807) is 19.0 Å². The van der Waals surface area contributed by atoms with Crippen LogP contribution in [0.1, 0.15) is 18.1 Å². The van der Waals surface area contributed by atoms with Gasteiger partial charge in [0.15, 0.2) is 16.7 Å². The summed E-state index contributed by atoms with van der Waals surface area (Å²) in [6, 6.07) is 18.5. The first-order valence-electron chi connectivity index (χ1n) is 10.2. The van der Waals surface area contributed by atoms with E-state index in [-0.39, 0.29) is 5.91 Å². The molecule has 0 aliphatic carbocycles. The second-order valence-corrected chi connectivity index (χ2v) is 9.39. The minimum Gasteiger partial charge on any atom is -0.490 e. The molecule has 164 valence electrons. The molecule has 0 atom stereocenters. The summed E-state index contributed by atoms with van der Waals surface area (Å²) in [5.41, 5.74) is 1.98. The minimum absolute atomic E-state index is 0.0554. The second-order valence-electron chi connectivity index (χ2n) is 7.21. The first-order valence-corrected chi connectivity index (χ1v) is 12.1. The molecule has 3 aromatic rings. The van der Waals surface area contributed by atoms with Gasteiger partial charge in [-0.05, 0) is 87.5 Å². The van der Waals surface area contributed by atoms with Crippen LogP contribution in [0.25, 0.3) is 16.8 Å². The summed E-state index contributed by atoms with van der Waals surface area (Å²) < 4.78 is 13.0. The molecule has 5 nitrogen and oxygen atoms in total. The number of benzene rings is 3. The van der Waals surface area contributed by atoms with Crippen LogP contribution in [0.2, 0.25) is 0 Å². The number of amidine groups is 1. The average molecular weight is 558 g/mol. The molecule has 1 aliphatic rings. The van der Waals surface area contributed by atoms with Gasteiger partial charge in [0, 0.05) is 14.1 Å². The third-order valence-corrected chi connectivity index (χ3v) is 6.97. The first kappa shape index (κ1) is 22.7. The molecule has 3 aromatic carbocycles. The molecule has 32 heavy (non-hydrogen) atoms. The van der Waals surface area contributed by atoms with E-state index in [4.69, 9.17) is 9.47 Å². The van der Waals surface area contributed by atoms with Gasteiger partial charge in [-0.2, -0.15) is 0 Å². The van der Waals surface area contributed by atoms with E-state index in [1.807, 2.05) is 37.3 Å². The average Bonchev–Trinajstić information content (AvgIpc) is 3.06. The van der Waals surface area contributed by atoms with Crippen LogP contribution in [0.4, 0.5) is 0 Å². The Balaban J connectivity index is 1.60. The highest BCUT2D eigenvalue weighted by atomic mass is 127. The number of thioether (sulfide) groups is 1. The van der Waals surface area contributed by atoms with E-state index in [0.29, 0.717) is 34.8 Å². The first-order chi connectivity index (χ1) is 15.5. The van der Waals surface area contributed by atoms with Crippen LogP contribution in [-0.4, -0.2) is 36.7 Å². The lowest BCUT2D eigenvalue weighted by atomic mass is 10.1. The highest BCUT2D eigenvalue weighted by Crippen LogP contribution is 2.37. The Morgan fingerprint density at radius 1 is 1.09 bits per heavy atom. The number of ether oxygens (including phenoxy) is 2. The standard InChI is InChI=1S/C25H23IN2O3S/c1-4-30-21-13-17(14-22-24(29)28(3)25(27-2)32-22)12-20(26)23(21)31-15-16-9-10-18-7-5-6-8-19(18)11-16/h5-14H,4,15H2,1-3H3/b22-14+,27-25?. The number of likely N-dealkylation sites (N-methyl/N-ethyl adjacent to an activating group) is 1. The maximum absolute atomic E-state index is 12.5. The van der Waals surface area contributed by atoms with Crippen LogP contribution in [0.3, 0.4) is 0 Å². The lowest BCUT2D eigenvalue weighted by molar-refractivity contribution is -0.121. The second kappa shape index (κ2) is 9.95. The number of amides is 1. The van der Waals surface area contributed by atoms with Crippen LogP contribution < -0.4 is 9.47 Å². The summed E-state index contributed by atoms with van der Waals surface area (Å²) >= 11 is 3.63. The molecule has 0 radical (unpaired) electrons. The van der Waals surface area contributed by atoms with Crippen molar-refractivity contribution in [2.45, 2.75) is 13.5 Å². The SMILES string of the molecule is CCOc1cc(/C=C2/SC(=NC)N(C)C2=O)cc(I)c1OCc1ccc2ccccc2c1. The zero-order chi connectivity index (χ0) is 22.7. The maximum Gasteiger partial charge on any atom is 0.266 e. The molecule has 0 bridgehead atoms. The smallest absolute Gasteiger partial charge is 0.266 e. The van der Waals surface area contributed by atoms with Crippen molar-refractivity contribution >= 4 is 62.3 Å². The summed E-state index contributed by atoms with van der Waals surface area (Å²) in [5.74, 6) is 1.32. The van der Waals surface area contributed by atoms with Crippen molar-refractivity contribution in [3.8, 4) is 11.5 Å². The van der Waals surface area contributed by atoms with Gasteiger partial charge in [-0.3, -0.25) is 14.7 Å². The number of aliphatic imine (C=N–C) groups is 1. The Hall–Kier alpha value is -2.52. The Kier molecular flexibility index (Phi) is 7.05. The fourth-order valence-electron chi connectivity index (χ4n) is 3.46. The molecule has 1 saturated heterocycles. The van der Waals surface area contributed by atoms with E-state index in [9.17, 15) is 4.79 Å². The summed E-state index contributed by atoms with van der Waals surface area (Å²) in [4.78, 5) is 18.8. The number of fused-ring (bicyclic) bond motifs is 1. The van der Waals surface area contributed by atoms with Crippen molar-refractivity contribution in [3.63, 3.8) is 0 Å². The van der Waals surface area contributed by atoms with Crippen molar-refractivity contribution < 1.29 is 14.3 Å². The molecule has 0 unspecified atom stereocenters. The predicted molar refractivity (Wildman–Crippen MR) is 140 cm³/mol. The fourth-order valence-corrected chi connectivity index (χ4v) is 5.17. The number of nitrogens with zero attached hydrogens (tertiary/aromatic N) is 2. The van der Waals surface area contributed by atoms with E-state index in [2.05, 4.69) is 57.9 Å². The summed E-state index contributed by atoms with van der Waals surface area (Å²) in [5, 5.41) is 3.09. The zero-order valence-electron chi connectivity index (χ0n) is 18.1. The number of halogens is 1. The normalized spacial score (nSPS) is 16.4. The summed E-state index contributed by atoms with van der Waals surface area (Å²) in [7, 11) is 3.42. The van der Waals surface area contributed by atoms with E-state index < -0.39 is 0 Å². The molecular weight excluding hydrogens is 535 g/mol. The molecule has 0 saturated carbocycles. The molecule has 0 aromatic heterocycles. The number of hydrogen-bond acceptors (Lipinski definition) is 5. The van der Waals surface area contributed by atoms with Crippen molar-refractivity contribution in [3.05, 3.63) is 74.2 Å². The zero-order valence-corrected chi connectivity index (χ0v) is 21.1.